The fraction of sp³-hybridized carbons (Fsp3) is 0.811. The summed E-state index contributed by atoms with van der Waals surface area (Å²) in [5.74, 6) is -9.26. The fourth-order valence-electron chi connectivity index (χ4n) is 20.1. The molecule has 0 radical (unpaired) electrons. The Kier molecular flexibility index (Phi) is 25.9. The Hall–Kier alpha value is -7.42. The van der Waals surface area contributed by atoms with Crippen LogP contribution in [0.1, 0.15) is 238 Å². The molecule has 564 valence electrons. The van der Waals surface area contributed by atoms with Gasteiger partial charge in [0.25, 0.3) is 0 Å². The first-order chi connectivity index (χ1) is 49.1. The molecular formula is C74H114N14O14. The van der Waals surface area contributed by atoms with Crippen LogP contribution in [0.2, 0.25) is 0 Å². The van der Waals surface area contributed by atoms with Crippen molar-refractivity contribution in [2.45, 2.75) is 311 Å². The topological polar surface area (TPSA) is 435 Å². The fourth-order valence-corrected chi connectivity index (χ4v) is 20.1. The van der Waals surface area contributed by atoms with Gasteiger partial charge in [0.05, 0.1) is 65.1 Å². The van der Waals surface area contributed by atoms with Crippen molar-refractivity contribution in [2.24, 2.45) is 76.6 Å². The Bertz CT molecular complexity index is 3130. The maximum absolute atomic E-state index is 14.3. The molecule has 0 spiro atoms. The second-order valence-corrected chi connectivity index (χ2v) is 32.2. The van der Waals surface area contributed by atoms with E-state index in [1.165, 1.54) is 6.92 Å². The summed E-state index contributed by atoms with van der Waals surface area (Å²) in [6, 6.07) is -5.21. The van der Waals surface area contributed by atoms with Gasteiger partial charge in [-0.05, 0) is 148 Å². The standard InChI is InChI=1S/C74H114N14O14/c1-38(89)77-52-25-3-14-41(52)66(94)82-56-29-7-18-45(56)70(98)85-58-31-9-20-47(58)72(100)87-60-33-11-22-49(60)74(102)88-61-34-12-23-50(61)73(101)86-59-32-10-21-48(59)71(99)84-57-30-8-19-46(57)69(97)81-54-27-5-16-43(54)65(93)78-39(35-36-62(75)90)37-63(91)79-53-26-4-15-42(53)67(95)83-55-28-6-17-44(55)68(96)80-51-24-2-13-40(51)64(76)92/h39-61H,2-37H2,1H3,(H2,75,90)(H2,76,92)(H,77,89)(H,78,93)(H,79,91)(H,80,96)(H,81,97)(H,82,94)(H,83,95)(H,84,99)(H,85,98)(H,86,101)(H,87,100)(H,88,102)/t39-,40-,41-,42-,43-,44-,45-,46-,47-,48-,49-,50-,51-,52-,53-,54-,55-,56-,57-,58-,59-,60-,61-/m0/s1. The summed E-state index contributed by atoms with van der Waals surface area (Å²) >= 11 is 0. The minimum atomic E-state index is -0.780. The van der Waals surface area contributed by atoms with Crippen LogP contribution in [0.4, 0.5) is 0 Å². The third-order valence-electron chi connectivity index (χ3n) is 25.6. The number of amides is 14. The van der Waals surface area contributed by atoms with Gasteiger partial charge in [0.15, 0.2) is 0 Å². The van der Waals surface area contributed by atoms with Gasteiger partial charge in [-0.25, -0.2) is 0 Å². The van der Waals surface area contributed by atoms with E-state index in [1.54, 1.807) is 0 Å². The first kappa shape index (κ1) is 75.7. The van der Waals surface area contributed by atoms with E-state index in [4.69, 9.17) is 11.5 Å². The summed E-state index contributed by atoms with van der Waals surface area (Å²) in [6.45, 7) is 1.45. The molecule has 28 nitrogen and oxygen atoms in total. The van der Waals surface area contributed by atoms with Gasteiger partial charge in [-0.2, -0.15) is 0 Å². The van der Waals surface area contributed by atoms with Gasteiger partial charge >= 0.3 is 0 Å². The van der Waals surface area contributed by atoms with Gasteiger partial charge in [0.1, 0.15) is 0 Å². The number of primary amides is 2. The third-order valence-corrected chi connectivity index (χ3v) is 25.6. The van der Waals surface area contributed by atoms with Crippen LogP contribution in [-0.2, 0) is 67.1 Å². The van der Waals surface area contributed by atoms with Crippen LogP contribution in [0.25, 0.3) is 0 Å². The minimum absolute atomic E-state index is 0.0896. The van der Waals surface area contributed by atoms with Crippen molar-refractivity contribution in [1.82, 2.24) is 63.8 Å². The lowest BCUT2D eigenvalue weighted by atomic mass is 9.95. The van der Waals surface area contributed by atoms with E-state index in [2.05, 4.69) is 63.8 Å². The minimum Gasteiger partial charge on any atom is -0.370 e. The van der Waals surface area contributed by atoms with E-state index < -0.39 is 125 Å². The van der Waals surface area contributed by atoms with Gasteiger partial charge in [0, 0.05) is 92.3 Å². The summed E-state index contributed by atoms with van der Waals surface area (Å²) in [6.07, 6.45) is 21.1. The Morgan fingerprint density at radius 3 is 0.676 bits per heavy atom. The lowest BCUT2D eigenvalue weighted by Gasteiger charge is -2.29. The summed E-state index contributed by atoms with van der Waals surface area (Å²) in [5, 5.41) is 37.3. The summed E-state index contributed by atoms with van der Waals surface area (Å²) in [4.78, 5) is 189. The third kappa shape index (κ3) is 18.7. The maximum atomic E-state index is 14.3. The molecule has 11 aliphatic carbocycles. The average molecular weight is 1420 g/mol. The van der Waals surface area contributed by atoms with Crippen LogP contribution in [0.5, 0.6) is 0 Å². The molecule has 16 N–H and O–H groups in total. The molecule has 102 heavy (non-hydrogen) atoms. The van der Waals surface area contributed by atoms with Gasteiger partial charge in [-0.1, -0.05) is 70.6 Å². The predicted octanol–water partition coefficient (Wildman–Crippen LogP) is 1.77. The lowest BCUT2D eigenvalue weighted by molar-refractivity contribution is -0.132. The van der Waals surface area contributed by atoms with E-state index >= 15 is 0 Å². The number of rotatable bonds is 28. The molecule has 28 heteroatoms. The molecule has 0 bridgehead atoms. The molecule has 11 aliphatic rings. The average Bonchev–Trinajstić information content (AvgIpc) is 1.67. The summed E-state index contributed by atoms with van der Waals surface area (Å²) in [7, 11) is 0. The van der Waals surface area contributed by atoms with Crippen LogP contribution in [0, 0.1) is 65.1 Å². The zero-order valence-corrected chi connectivity index (χ0v) is 59.6. The Morgan fingerprint density at radius 1 is 0.265 bits per heavy atom. The molecule has 0 saturated heterocycles. The highest BCUT2D eigenvalue weighted by molar-refractivity contribution is 5.90. The molecule has 0 aromatic rings. The van der Waals surface area contributed by atoms with E-state index in [-0.39, 0.29) is 114 Å². The Balaban J connectivity index is 0.610. The molecule has 11 rings (SSSR count). The monoisotopic (exact) mass is 1420 g/mol. The zero-order chi connectivity index (χ0) is 72.3. The molecule has 11 saturated carbocycles. The van der Waals surface area contributed by atoms with Crippen molar-refractivity contribution in [3.63, 3.8) is 0 Å². The second-order valence-electron chi connectivity index (χ2n) is 32.2. The van der Waals surface area contributed by atoms with Gasteiger partial charge in [0.2, 0.25) is 82.7 Å². The van der Waals surface area contributed by atoms with Gasteiger partial charge < -0.3 is 75.3 Å². The van der Waals surface area contributed by atoms with Crippen molar-refractivity contribution in [2.75, 3.05) is 0 Å². The first-order valence-electron chi connectivity index (χ1n) is 39.2. The number of carbonyl (C=O) groups is 14. The number of nitrogens with one attached hydrogen (secondary N) is 12. The van der Waals surface area contributed by atoms with E-state index in [0.29, 0.717) is 161 Å². The van der Waals surface area contributed by atoms with E-state index in [1.807, 2.05) is 0 Å². The highest BCUT2D eigenvalue weighted by Gasteiger charge is 2.48. The second kappa shape index (κ2) is 34.9. The highest BCUT2D eigenvalue weighted by atomic mass is 16.2. The highest BCUT2D eigenvalue weighted by Crippen LogP contribution is 2.38. The van der Waals surface area contributed by atoms with Crippen molar-refractivity contribution < 1.29 is 67.1 Å². The van der Waals surface area contributed by atoms with Crippen molar-refractivity contribution in [1.29, 1.82) is 0 Å². The number of carbonyl (C=O) groups excluding carboxylic acids is 14. The SMILES string of the molecule is CC(=O)N[C@H]1CCC[C@@H]1C(=O)N[C@H]1CCC[C@@H]1C(=O)N[C@H]1CCC[C@@H]1C(=O)N[C@H]1CCC[C@@H]1C(=O)N[C@H]1CCC[C@@H]1C(=O)N[C@H]1CCC[C@@H]1C(=O)N[C@H]1CCC[C@@H]1C(=O)N[C@H]1CCC[C@@H]1C(=O)N[C@@H](CCC(N)=O)CC(=O)N[C@H]1CCC[C@@H]1C(=O)N[C@H]1CCC[C@@H]1C(=O)N[C@H]1CCC[C@@H]1C(N)=O. The normalized spacial score (nSPS) is 35.7. The van der Waals surface area contributed by atoms with Gasteiger partial charge in [-0.3, -0.25) is 67.1 Å². The summed E-state index contributed by atoms with van der Waals surface area (Å²) < 4.78 is 0. The quantitative estimate of drug-likeness (QED) is 0.0531. The van der Waals surface area contributed by atoms with Crippen molar-refractivity contribution in [3.05, 3.63) is 0 Å². The largest absolute Gasteiger partial charge is 0.370 e. The molecule has 0 heterocycles. The van der Waals surface area contributed by atoms with E-state index in [0.717, 1.165) is 51.4 Å². The van der Waals surface area contributed by atoms with Crippen LogP contribution in [0.3, 0.4) is 0 Å². The van der Waals surface area contributed by atoms with Crippen LogP contribution < -0.4 is 75.3 Å². The first-order valence-corrected chi connectivity index (χ1v) is 39.2. The van der Waals surface area contributed by atoms with Crippen molar-refractivity contribution in [3.8, 4) is 0 Å². The Morgan fingerprint density at radius 2 is 0.461 bits per heavy atom. The molecule has 0 aromatic carbocycles. The molecule has 0 aliphatic heterocycles. The molecule has 0 unspecified atom stereocenters. The number of hydrogen-bond acceptors (Lipinski definition) is 14. The number of nitrogens with two attached hydrogens (primary N) is 2. The predicted molar refractivity (Wildman–Crippen MR) is 372 cm³/mol. The number of hydrogen-bond donors (Lipinski definition) is 14. The van der Waals surface area contributed by atoms with Crippen LogP contribution in [-0.4, -0.2) is 155 Å². The maximum Gasteiger partial charge on any atom is 0.225 e. The van der Waals surface area contributed by atoms with Crippen LogP contribution >= 0.6 is 0 Å². The molecule has 0 aromatic heterocycles. The van der Waals surface area contributed by atoms with Gasteiger partial charge in [-0.15, -0.1) is 0 Å². The molecule has 23 atom stereocenters. The zero-order valence-electron chi connectivity index (χ0n) is 59.6. The lowest BCUT2D eigenvalue weighted by Crippen LogP contribution is -2.54. The molecule has 14 amide bonds. The Labute approximate surface area is 598 Å². The van der Waals surface area contributed by atoms with E-state index in [9.17, 15) is 67.1 Å². The molecule has 11 fully saturated rings. The summed E-state index contributed by atoms with van der Waals surface area (Å²) in [5.41, 5.74) is 11.2. The van der Waals surface area contributed by atoms with Crippen LogP contribution in [0.15, 0.2) is 0 Å². The molecular weight excluding hydrogens is 1310 g/mol. The smallest absolute Gasteiger partial charge is 0.225 e. The van der Waals surface area contributed by atoms with Crippen molar-refractivity contribution >= 4 is 82.7 Å².